The van der Waals surface area contributed by atoms with E-state index in [0.717, 1.165) is 25.2 Å². The smallest absolute Gasteiger partial charge is 0.345 e. The molecule has 1 aliphatic heterocycles. The number of aromatic nitrogens is 3. The first kappa shape index (κ1) is 21.1. The summed E-state index contributed by atoms with van der Waals surface area (Å²) in [5.41, 5.74) is 0.487. The summed E-state index contributed by atoms with van der Waals surface area (Å²) in [5.74, 6) is 1.28. The minimum absolute atomic E-state index is 0.00180. The number of para-hydroxylation sites is 1. The van der Waals surface area contributed by atoms with E-state index in [1.54, 1.807) is 15.3 Å². The van der Waals surface area contributed by atoms with E-state index in [-0.39, 0.29) is 17.6 Å². The van der Waals surface area contributed by atoms with E-state index >= 15 is 0 Å². The van der Waals surface area contributed by atoms with Crippen molar-refractivity contribution in [3.8, 4) is 5.75 Å². The highest BCUT2D eigenvalue weighted by Crippen LogP contribution is 2.19. The first-order valence-electron chi connectivity index (χ1n) is 10.3. The topological polar surface area (TPSA) is 81.4 Å². The molecule has 0 bridgehead atoms. The second-order valence-corrected chi connectivity index (χ2v) is 7.72. The molecular weight excluding hydrogens is 370 g/mol. The fourth-order valence-corrected chi connectivity index (χ4v) is 3.47. The quantitative estimate of drug-likeness (QED) is 0.726. The molecule has 2 aromatic rings. The number of aryl methyl sites for hydroxylation is 1. The molecule has 29 heavy (non-hydrogen) atoms. The summed E-state index contributed by atoms with van der Waals surface area (Å²) >= 11 is 0. The summed E-state index contributed by atoms with van der Waals surface area (Å²) in [7, 11) is 3.95. The SMILES string of the molecule is CCCOc1ccccc1C(=O)NC1CCc2nn(CCN(C)C)c(=O)n2CC1. The van der Waals surface area contributed by atoms with Crippen molar-refractivity contribution in [3.05, 3.63) is 46.1 Å². The standard InChI is InChI=1S/C21H31N5O3/c1-4-15-29-18-8-6-5-7-17(18)20(27)22-16-9-10-19-23-26(14-13-24(2)3)21(28)25(19)12-11-16/h5-8,16H,4,9-15H2,1-3H3,(H,22,27). The number of carbonyl (C=O) groups is 1. The number of fused-ring (bicyclic) bond motifs is 1. The van der Waals surface area contributed by atoms with Gasteiger partial charge in [-0.3, -0.25) is 9.36 Å². The number of rotatable bonds is 8. The molecule has 0 aliphatic carbocycles. The molecule has 0 saturated heterocycles. The van der Waals surface area contributed by atoms with Crippen molar-refractivity contribution < 1.29 is 9.53 Å². The summed E-state index contributed by atoms with van der Waals surface area (Å²) in [4.78, 5) is 27.5. The summed E-state index contributed by atoms with van der Waals surface area (Å²) in [5, 5.41) is 7.62. The van der Waals surface area contributed by atoms with Crippen LogP contribution < -0.4 is 15.7 Å². The molecule has 1 N–H and O–H groups in total. The Labute approximate surface area is 171 Å². The van der Waals surface area contributed by atoms with Gasteiger partial charge in [-0.05, 0) is 45.5 Å². The highest BCUT2D eigenvalue weighted by molar-refractivity contribution is 5.97. The van der Waals surface area contributed by atoms with Crippen molar-refractivity contribution in [2.45, 2.75) is 51.7 Å². The molecule has 8 heteroatoms. The van der Waals surface area contributed by atoms with E-state index in [9.17, 15) is 9.59 Å². The number of nitrogens with zero attached hydrogens (tertiary/aromatic N) is 4. The van der Waals surface area contributed by atoms with Gasteiger partial charge in [0.25, 0.3) is 5.91 Å². The fourth-order valence-electron chi connectivity index (χ4n) is 3.47. The normalized spacial score (nSPS) is 16.3. The zero-order valence-electron chi connectivity index (χ0n) is 17.6. The molecule has 2 heterocycles. The molecule has 1 aromatic heterocycles. The lowest BCUT2D eigenvalue weighted by Gasteiger charge is -2.17. The minimum Gasteiger partial charge on any atom is -0.493 e. The Morgan fingerprint density at radius 3 is 2.86 bits per heavy atom. The van der Waals surface area contributed by atoms with Crippen LogP contribution in [0, 0.1) is 0 Å². The maximum absolute atomic E-state index is 12.8. The van der Waals surface area contributed by atoms with Crippen molar-refractivity contribution >= 4 is 5.91 Å². The molecule has 1 aromatic carbocycles. The molecule has 1 atom stereocenters. The monoisotopic (exact) mass is 401 g/mol. The third-order valence-electron chi connectivity index (χ3n) is 5.10. The Bertz CT molecular complexity index is 887. The summed E-state index contributed by atoms with van der Waals surface area (Å²) in [6.07, 6.45) is 3.02. The van der Waals surface area contributed by atoms with E-state index in [2.05, 4.69) is 10.4 Å². The van der Waals surface area contributed by atoms with Gasteiger partial charge in [-0.1, -0.05) is 19.1 Å². The van der Waals surface area contributed by atoms with Gasteiger partial charge in [0, 0.05) is 25.6 Å². The van der Waals surface area contributed by atoms with Crippen LogP contribution in [0.25, 0.3) is 0 Å². The second-order valence-electron chi connectivity index (χ2n) is 7.72. The highest BCUT2D eigenvalue weighted by Gasteiger charge is 2.23. The maximum atomic E-state index is 12.8. The van der Waals surface area contributed by atoms with Gasteiger partial charge in [-0.2, -0.15) is 5.10 Å². The van der Waals surface area contributed by atoms with Crippen LogP contribution in [0.2, 0.25) is 0 Å². The number of amides is 1. The zero-order valence-corrected chi connectivity index (χ0v) is 17.6. The van der Waals surface area contributed by atoms with E-state index in [1.165, 1.54) is 0 Å². The van der Waals surface area contributed by atoms with Crippen molar-refractivity contribution in [1.29, 1.82) is 0 Å². The number of benzene rings is 1. The van der Waals surface area contributed by atoms with Crippen LogP contribution in [-0.4, -0.2) is 58.4 Å². The van der Waals surface area contributed by atoms with Gasteiger partial charge in [0.2, 0.25) is 0 Å². The van der Waals surface area contributed by atoms with Gasteiger partial charge < -0.3 is 15.0 Å². The van der Waals surface area contributed by atoms with Crippen LogP contribution >= 0.6 is 0 Å². The molecule has 1 aliphatic rings. The largest absolute Gasteiger partial charge is 0.493 e. The Morgan fingerprint density at radius 1 is 1.31 bits per heavy atom. The number of carbonyl (C=O) groups excluding carboxylic acids is 1. The molecule has 158 valence electrons. The number of ether oxygens (including phenoxy) is 1. The van der Waals surface area contributed by atoms with Gasteiger partial charge >= 0.3 is 5.69 Å². The minimum atomic E-state index is -0.135. The number of hydrogen-bond donors (Lipinski definition) is 1. The first-order valence-corrected chi connectivity index (χ1v) is 10.3. The van der Waals surface area contributed by atoms with Gasteiger partial charge in [0.1, 0.15) is 11.6 Å². The predicted molar refractivity (Wildman–Crippen MR) is 111 cm³/mol. The van der Waals surface area contributed by atoms with Crippen molar-refractivity contribution in [2.75, 3.05) is 27.2 Å². The third kappa shape index (κ3) is 5.26. The molecule has 8 nitrogen and oxygen atoms in total. The Balaban J connectivity index is 1.63. The van der Waals surface area contributed by atoms with Crippen LogP contribution in [0.3, 0.4) is 0 Å². The molecule has 0 fully saturated rings. The van der Waals surface area contributed by atoms with Gasteiger partial charge in [0.05, 0.1) is 18.7 Å². The summed E-state index contributed by atoms with van der Waals surface area (Å²) in [6, 6.07) is 7.31. The second kappa shape index (κ2) is 9.73. The predicted octanol–water partition coefficient (Wildman–Crippen LogP) is 1.53. The van der Waals surface area contributed by atoms with Crippen LogP contribution in [0.4, 0.5) is 0 Å². The highest BCUT2D eigenvalue weighted by atomic mass is 16.5. The van der Waals surface area contributed by atoms with Crippen molar-refractivity contribution in [3.63, 3.8) is 0 Å². The van der Waals surface area contributed by atoms with E-state index in [0.29, 0.717) is 43.9 Å². The zero-order chi connectivity index (χ0) is 20.8. The number of likely N-dealkylation sites (N-methyl/N-ethyl adjacent to an activating group) is 1. The van der Waals surface area contributed by atoms with Gasteiger partial charge in [0.15, 0.2) is 0 Å². The van der Waals surface area contributed by atoms with Crippen LogP contribution in [0.5, 0.6) is 5.75 Å². The summed E-state index contributed by atoms with van der Waals surface area (Å²) < 4.78 is 9.01. The average Bonchev–Trinajstić information content (AvgIpc) is 2.87. The lowest BCUT2D eigenvalue weighted by molar-refractivity contribution is 0.0928. The molecular formula is C21H31N5O3. The molecule has 1 unspecified atom stereocenters. The average molecular weight is 402 g/mol. The molecule has 0 radical (unpaired) electrons. The van der Waals surface area contributed by atoms with Gasteiger partial charge in [-0.25, -0.2) is 9.48 Å². The van der Waals surface area contributed by atoms with Crippen molar-refractivity contribution in [2.24, 2.45) is 0 Å². The summed E-state index contributed by atoms with van der Waals surface area (Å²) in [6.45, 7) is 4.53. The molecule has 0 spiro atoms. The van der Waals surface area contributed by atoms with E-state index in [1.807, 2.05) is 44.1 Å². The lowest BCUT2D eigenvalue weighted by Crippen LogP contribution is -2.36. The van der Waals surface area contributed by atoms with E-state index < -0.39 is 0 Å². The number of nitrogens with one attached hydrogen (secondary N) is 1. The van der Waals surface area contributed by atoms with Crippen LogP contribution in [-0.2, 0) is 19.5 Å². The van der Waals surface area contributed by atoms with Crippen LogP contribution in [0.15, 0.2) is 29.1 Å². The first-order chi connectivity index (χ1) is 14.0. The van der Waals surface area contributed by atoms with E-state index in [4.69, 9.17) is 4.74 Å². The fraction of sp³-hybridized carbons (Fsp3) is 0.571. The van der Waals surface area contributed by atoms with Crippen molar-refractivity contribution in [1.82, 2.24) is 24.6 Å². The Hall–Kier alpha value is -2.61. The Morgan fingerprint density at radius 2 is 2.10 bits per heavy atom. The molecule has 1 amide bonds. The maximum Gasteiger partial charge on any atom is 0.345 e. The molecule has 3 rings (SSSR count). The Kier molecular flexibility index (Phi) is 7.09. The third-order valence-corrected chi connectivity index (χ3v) is 5.10. The lowest BCUT2D eigenvalue weighted by atomic mass is 10.1. The number of hydrogen-bond acceptors (Lipinski definition) is 5. The van der Waals surface area contributed by atoms with Crippen LogP contribution in [0.1, 0.15) is 42.4 Å². The van der Waals surface area contributed by atoms with Gasteiger partial charge in [-0.15, -0.1) is 0 Å². The molecule has 0 saturated carbocycles.